The highest BCUT2D eigenvalue weighted by Gasteiger charge is 2.20. The summed E-state index contributed by atoms with van der Waals surface area (Å²) in [6, 6.07) is 9.44. The number of methoxy groups -OCH3 is 1. The minimum atomic E-state index is -0.249. The summed E-state index contributed by atoms with van der Waals surface area (Å²) < 4.78 is 5.96. The molecule has 0 unspecified atom stereocenters. The second-order valence-corrected chi connectivity index (χ2v) is 7.31. The van der Waals surface area contributed by atoms with E-state index in [1.165, 1.54) is 11.3 Å². The van der Waals surface area contributed by atoms with E-state index in [-0.39, 0.29) is 5.91 Å². The number of fused-ring (bicyclic) bond motifs is 1. The van der Waals surface area contributed by atoms with Gasteiger partial charge in [-0.3, -0.25) is 4.79 Å². The van der Waals surface area contributed by atoms with E-state index in [0.717, 1.165) is 26.9 Å². The Morgan fingerprint density at radius 2 is 1.75 bits per heavy atom. The van der Waals surface area contributed by atoms with Crippen molar-refractivity contribution < 1.29 is 9.53 Å². The molecule has 1 N–H and O–H groups in total. The summed E-state index contributed by atoms with van der Waals surface area (Å²) in [4.78, 5) is 13.1. The summed E-state index contributed by atoms with van der Waals surface area (Å²) >= 11 is 14.0. The third kappa shape index (κ3) is 3.09. The molecule has 0 aliphatic rings. The first-order chi connectivity index (χ1) is 11.4. The molecule has 0 fully saturated rings. The van der Waals surface area contributed by atoms with Gasteiger partial charge < -0.3 is 10.1 Å². The van der Waals surface area contributed by atoms with Gasteiger partial charge in [0.25, 0.3) is 5.91 Å². The molecule has 2 aromatic carbocycles. The molecule has 0 saturated carbocycles. The Morgan fingerprint density at radius 1 is 1.08 bits per heavy atom. The molecular weight excluding hydrogens is 365 g/mol. The van der Waals surface area contributed by atoms with Crippen LogP contribution in [0.3, 0.4) is 0 Å². The minimum absolute atomic E-state index is 0.249. The lowest BCUT2D eigenvalue weighted by Gasteiger charge is -2.06. The van der Waals surface area contributed by atoms with Crippen LogP contribution < -0.4 is 10.1 Å². The minimum Gasteiger partial charge on any atom is -0.495 e. The largest absolute Gasteiger partial charge is 0.495 e. The molecule has 3 nitrogen and oxygen atoms in total. The molecule has 0 aliphatic carbocycles. The van der Waals surface area contributed by atoms with Gasteiger partial charge in [-0.25, -0.2) is 0 Å². The van der Waals surface area contributed by atoms with E-state index in [2.05, 4.69) is 5.32 Å². The molecule has 0 aliphatic heterocycles. The van der Waals surface area contributed by atoms with Crippen molar-refractivity contribution in [1.82, 2.24) is 0 Å². The molecule has 6 heteroatoms. The first-order valence-electron chi connectivity index (χ1n) is 7.25. The van der Waals surface area contributed by atoms with Gasteiger partial charge in [0.15, 0.2) is 0 Å². The van der Waals surface area contributed by atoms with Crippen LogP contribution in [0, 0.1) is 13.8 Å². The number of hydrogen-bond acceptors (Lipinski definition) is 3. The number of nitrogens with one attached hydrogen (secondary N) is 1. The van der Waals surface area contributed by atoms with Crippen LogP contribution in [-0.4, -0.2) is 13.0 Å². The first kappa shape index (κ1) is 17.1. The number of hydrogen-bond donors (Lipinski definition) is 1. The van der Waals surface area contributed by atoms with Crippen LogP contribution in [0.25, 0.3) is 10.1 Å². The number of rotatable bonds is 3. The van der Waals surface area contributed by atoms with E-state index in [4.69, 9.17) is 27.9 Å². The number of carbonyl (C=O) groups is 1. The summed E-state index contributed by atoms with van der Waals surface area (Å²) in [6.45, 7) is 3.97. The quantitative estimate of drug-likeness (QED) is 0.598. The lowest BCUT2D eigenvalue weighted by Crippen LogP contribution is -2.10. The molecular formula is C18H15Cl2NO2S. The summed E-state index contributed by atoms with van der Waals surface area (Å²) in [5.41, 5.74) is 2.91. The monoisotopic (exact) mass is 379 g/mol. The van der Waals surface area contributed by atoms with Crippen molar-refractivity contribution in [2.24, 2.45) is 0 Å². The Hall–Kier alpha value is -1.75. The van der Waals surface area contributed by atoms with Crippen LogP contribution in [-0.2, 0) is 0 Å². The predicted octanol–water partition coefficient (Wildman–Crippen LogP) is 6.09. The molecule has 24 heavy (non-hydrogen) atoms. The van der Waals surface area contributed by atoms with Gasteiger partial charge in [0.05, 0.1) is 16.8 Å². The molecule has 3 rings (SSSR count). The zero-order valence-electron chi connectivity index (χ0n) is 13.4. The second kappa shape index (κ2) is 6.63. The Kier molecular flexibility index (Phi) is 4.72. The van der Waals surface area contributed by atoms with Crippen LogP contribution in [0.1, 0.15) is 20.8 Å². The van der Waals surface area contributed by atoms with Crippen molar-refractivity contribution in [3.05, 3.63) is 56.4 Å². The third-order valence-corrected chi connectivity index (χ3v) is 5.82. The molecule has 1 aromatic heterocycles. The zero-order valence-corrected chi connectivity index (χ0v) is 15.7. The molecule has 3 aromatic rings. The molecule has 0 saturated heterocycles. The molecule has 124 valence electrons. The van der Waals surface area contributed by atoms with Gasteiger partial charge in [-0.15, -0.1) is 11.3 Å². The van der Waals surface area contributed by atoms with Crippen molar-refractivity contribution in [2.75, 3.05) is 12.4 Å². The second-order valence-electron chi connectivity index (χ2n) is 5.53. The lowest BCUT2D eigenvalue weighted by molar-refractivity contribution is 0.103. The normalized spacial score (nSPS) is 10.9. The van der Waals surface area contributed by atoms with Crippen molar-refractivity contribution in [2.45, 2.75) is 13.8 Å². The Bertz CT molecular complexity index is 930. The van der Waals surface area contributed by atoms with Gasteiger partial charge in [0.1, 0.15) is 15.6 Å². The van der Waals surface area contributed by atoms with E-state index in [1.54, 1.807) is 13.2 Å². The summed E-state index contributed by atoms with van der Waals surface area (Å²) in [5.74, 6) is 0.310. The molecule has 0 spiro atoms. The molecule has 1 heterocycles. The van der Waals surface area contributed by atoms with Gasteiger partial charge in [-0.05, 0) is 49.2 Å². The van der Waals surface area contributed by atoms with Gasteiger partial charge in [0, 0.05) is 11.1 Å². The van der Waals surface area contributed by atoms with Crippen LogP contribution in [0.2, 0.25) is 10.0 Å². The van der Waals surface area contributed by atoms with E-state index >= 15 is 0 Å². The van der Waals surface area contributed by atoms with Crippen LogP contribution in [0.5, 0.6) is 5.75 Å². The maximum atomic E-state index is 12.6. The standard InChI is InChI=1S/C18H15Cl2NO2S/c1-9-6-10(2)8-11(7-9)21-18(22)17-14(19)12-4-5-13(23-3)15(20)16(12)24-17/h4-8H,1-3H3,(H,21,22). The summed E-state index contributed by atoms with van der Waals surface area (Å²) in [5, 5.41) is 4.52. The SMILES string of the molecule is COc1ccc2c(Cl)c(C(=O)Nc3cc(C)cc(C)c3)sc2c1Cl. The van der Waals surface area contributed by atoms with Crippen molar-refractivity contribution in [3.63, 3.8) is 0 Å². The number of amides is 1. The molecule has 0 bridgehead atoms. The zero-order chi connectivity index (χ0) is 17.4. The average molecular weight is 380 g/mol. The number of halogens is 2. The number of carbonyl (C=O) groups excluding carboxylic acids is 1. The van der Waals surface area contributed by atoms with Gasteiger partial charge in [-0.1, -0.05) is 29.3 Å². The van der Waals surface area contributed by atoms with Crippen molar-refractivity contribution in [1.29, 1.82) is 0 Å². The number of thiophene rings is 1. The summed E-state index contributed by atoms with van der Waals surface area (Å²) in [6.07, 6.45) is 0. The number of aryl methyl sites for hydroxylation is 2. The fraction of sp³-hybridized carbons (Fsp3) is 0.167. The Morgan fingerprint density at radius 3 is 2.38 bits per heavy atom. The smallest absolute Gasteiger partial charge is 0.267 e. The predicted molar refractivity (Wildman–Crippen MR) is 102 cm³/mol. The van der Waals surface area contributed by atoms with Gasteiger partial charge >= 0.3 is 0 Å². The van der Waals surface area contributed by atoms with Crippen LogP contribution in [0.15, 0.2) is 30.3 Å². The van der Waals surface area contributed by atoms with E-state index in [0.29, 0.717) is 20.7 Å². The Labute approximate surface area is 154 Å². The highest BCUT2D eigenvalue weighted by atomic mass is 35.5. The molecule has 0 radical (unpaired) electrons. The Balaban J connectivity index is 2.01. The number of anilines is 1. The first-order valence-corrected chi connectivity index (χ1v) is 8.82. The third-order valence-electron chi connectivity index (χ3n) is 3.61. The fourth-order valence-corrected chi connectivity index (χ4v) is 4.41. The average Bonchev–Trinajstić information content (AvgIpc) is 2.85. The summed E-state index contributed by atoms with van der Waals surface area (Å²) in [7, 11) is 1.55. The van der Waals surface area contributed by atoms with E-state index in [1.807, 2.05) is 38.1 Å². The maximum absolute atomic E-state index is 12.6. The van der Waals surface area contributed by atoms with Crippen molar-refractivity contribution >= 4 is 56.2 Å². The fourth-order valence-electron chi connectivity index (χ4n) is 2.62. The lowest BCUT2D eigenvalue weighted by atomic mass is 10.1. The highest BCUT2D eigenvalue weighted by Crippen LogP contribution is 2.43. The van der Waals surface area contributed by atoms with Crippen LogP contribution in [0.4, 0.5) is 5.69 Å². The van der Waals surface area contributed by atoms with Crippen molar-refractivity contribution in [3.8, 4) is 5.75 Å². The number of ether oxygens (including phenoxy) is 1. The number of benzene rings is 2. The topological polar surface area (TPSA) is 38.3 Å². The highest BCUT2D eigenvalue weighted by molar-refractivity contribution is 7.22. The molecule has 0 atom stereocenters. The maximum Gasteiger partial charge on any atom is 0.267 e. The molecule has 1 amide bonds. The van der Waals surface area contributed by atoms with E-state index in [9.17, 15) is 4.79 Å². The van der Waals surface area contributed by atoms with Gasteiger partial charge in [0.2, 0.25) is 0 Å². The van der Waals surface area contributed by atoms with Crippen LogP contribution >= 0.6 is 34.5 Å². The van der Waals surface area contributed by atoms with Gasteiger partial charge in [-0.2, -0.15) is 0 Å². The van der Waals surface area contributed by atoms with E-state index < -0.39 is 0 Å².